The van der Waals surface area contributed by atoms with Crippen molar-refractivity contribution in [2.45, 2.75) is 13.0 Å². The molecular weight excluding hydrogens is 366 g/mol. The molecule has 150 valence electrons. The first-order valence-electron chi connectivity index (χ1n) is 9.40. The van der Waals surface area contributed by atoms with Gasteiger partial charge in [0.15, 0.2) is 11.5 Å². The molecule has 1 aromatic heterocycles. The fourth-order valence-electron chi connectivity index (χ4n) is 2.99. The summed E-state index contributed by atoms with van der Waals surface area (Å²) in [6.07, 6.45) is 4.15. The lowest BCUT2D eigenvalue weighted by molar-refractivity contribution is 0.209. The number of para-hydroxylation sites is 1. The Morgan fingerprint density at radius 3 is 2.34 bits per heavy atom. The molecule has 0 radical (unpaired) electrons. The summed E-state index contributed by atoms with van der Waals surface area (Å²) >= 11 is 0. The molecule has 0 aliphatic heterocycles. The molecule has 0 aliphatic carbocycles. The Hall–Kier alpha value is -3.54. The zero-order chi connectivity index (χ0) is 20.5. The molecule has 2 amide bonds. The lowest BCUT2D eigenvalue weighted by Gasteiger charge is -2.23. The molecule has 0 saturated heterocycles. The van der Waals surface area contributed by atoms with Gasteiger partial charge in [-0.05, 0) is 53.9 Å². The molecule has 3 aromatic rings. The van der Waals surface area contributed by atoms with Crippen LogP contribution < -0.4 is 14.8 Å². The molecule has 29 heavy (non-hydrogen) atoms. The average Bonchev–Trinajstić information content (AvgIpc) is 2.77. The minimum atomic E-state index is -0.145. The number of hydrogen-bond donors (Lipinski definition) is 1. The van der Waals surface area contributed by atoms with E-state index in [-0.39, 0.29) is 6.03 Å². The molecule has 0 unspecified atom stereocenters. The van der Waals surface area contributed by atoms with E-state index in [4.69, 9.17) is 9.47 Å². The number of carbonyl (C=O) groups excluding carboxylic acids is 1. The van der Waals surface area contributed by atoms with Gasteiger partial charge < -0.3 is 19.7 Å². The second-order valence-electron chi connectivity index (χ2n) is 6.51. The van der Waals surface area contributed by atoms with Crippen LogP contribution in [0.15, 0.2) is 73.1 Å². The summed E-state index contributed by atoms with van der Waals surface area (Å²) in [5.74, 6) is 1.37. The Balaban J connectivity index is 1.73. The summed E-state index contributed by atoms with van der Waals surface area (Å²) in [7, 11) is 3.23. The van der Waals surface area contributed by atoms with Crippen LogP contribution in [-0.4, -0.2) is 36.7 Å². The van der Waals surface area contributed by atoms with E-state index in [1.54, 1.807) is 31.5 Å². The molecule has 6 heteroatoms. The van der Waals surface area contributed by atoms with Crippen LogP contribution >= 0.6 is 0 Å². The van der Waals surface area contributed by atoms with Crippen molar-refractivity contribution in [1.82, 2.24) is 9.88 Å². The first kappa shape index (κ1) is 20.2. The third-order valence-electron chi connectivity index (χ3n) is 4.55. The van der Waals surface area contributed by atoms with Crippen molar-refractivity contribution >= 4 is 11.7 Å². The summed E-state index contributed by atoms with van der Waals surface area (Å²) in [5.41, 5.74) is 2.86. The number of ether oxygens (including phenoxy) is 2. The standard InChI is InChI=1S/C23H25N3O3/c1-28-21-9-8-18(16-22(21)29-2)12-15-26(17-19-10-13-24-14-11-19)23(27)25-20-6-4-3-5-7-20/h3-11,13-14,16H,12,15,17H2,1-2H3,(H,25,27). The Labute approximate surface area is 171 Å². The van der Waals surface area contributed by atoms with E-state index >= 15 is 0 Å². The molecule has 1 heterocycles. The van der Waals surface area contributed by atoms with E-state index in [9.17, 15) is 4.79 Å². The van der Waals surface area contributed by atoms with Gasteiger partial charge in [0.1, 0.15) is 0 Å². The summed E-state index contributed by atoms with van der Waals surface area (Å²) in [5, 5.41) is 2.97. The highest BCUT2D eigenvalue weighted by Crippen LogP contribution is 2.27. The summed E-state index contributed by atoms with van der Waals surface area (Å²) in [6.45, 7) is 1.05. The topological polar surface area (TPSA) is 63.7 Å². The number of anilines is 1. The quantitative estimate of drug-likeness (QED) is 0.619. The second-order valence-corrected chi connectivity index (χ2v) is 6.51. The number of methoxy groups -OCH3 is 2. The molecule has 0 aliphatic rings. The molecule has 3 rings (SSSR count). The lowest BCUT2D eigenvalue weighted by atomic mass is 10.1. The van der Waals surface area contributed by atoms with Crippen molar-refractivity contribution in [1.29, 1.82) is 0 Å². The SMILES string of the molecule is COc1ccc(CCN(Cc2ccncc2)C(=O)Nc2ccccc2)cc1OC. The van der Waals surface area contributed by atoms with Crippen LogP contribution in [0.5, 0.6) is 11.5 Å². The van der Waals surface area contributed by atoms with E-state index in [0.29, 0.717) is 31.0 Å². The molecule has 0 atom stereocenters. The number of nitrogens with one attached hydrogen (secondary N) is 1. The van der Waals surface area contributed by atoms with Crippen LogP contribution in [0.4, 0.5) is 10.5 Å². The molecule has 6 nitrogen and oxygen atoms in total. The largest absolute Gasteiger partial charge is 0.493 e. The van der Waals surface area contributed by atoms with E-state index in [1.165, 1.54) is 0 Å². The predicted octanol–water partition coefficient (Wildman–Crippen LogP) is 4.38. The van der Waals surface area contributed by atoms with Gasteiger partial charge in [0.05, 0.1) is 14.2 Å². The van der Waals surface area contributed by atoms with Crippen LogP contribution in [-0.2, 0) is 13.0 Å². The van der Waals surface area contributed by atoms with Gasteiger partial charge >= 0.3 is 6.03 Å². The monoisotopic (exact) mass is 391 g/mol. The second kappa shape index (κ2) is 10.1. The number of carbonyl (C=O) groups is 1. The fourth-order valence-corrected chi connectivity index (χ4v) is 2.99. The van der Waals surface area contributed by atoms with Crippen molar-refractivity contribution < 1.29 is 14.3 Å². The van der Waals surface area contributed by atoms with Crippen LogP contribution in [0.3, 0.4) is 0 Å². The van der Waals surface area contributed by atoms with Crippen LogP contribution in [0, 0.1) is 0 Å². The molecule has 0 fully saturated rings. The molecule has 2 aromatic carbocycles. The van der Waals surface area contributed by atoms with E-state index in [0.717, 1.165) is 16.8 Å². The van der Waals surface area contributed by atoms with Gasteiger partial charge in [-0.3, -0.25) is 4.98 Å². The highest BCUT2D eigenvalue weighted by Gasteiger charge is 2.15. The Bertz CT molecular complexity index is 917. The Morgan fingerprint density at radius 2 is 1.66 bits per heavy atom. The first-order chi connectivity index (χ1) is 14.2. The number of pyridine rings is 1. The maximum atomic E-state index is 12.9. The van der Waals surface area contributed by atoms with Crippen LogP contribution in [0.25, 0.3) is 0 Å². The number of amides is 2. The maximum absolute atomic E-state index is 12.9. The smallest absolute Gasteiger partial charge is 0.322 e. The van der Waals surface area contributed by atoms with Gasteiger partial charge in [-0.15, -0.1) is 0 Å². The summed E-state index contributed by atoms with van der Waals surface area (Å²) in [6, 6.07) is 18.9. The molecular formula is C23H25N3O3. The van der Waals surface area contributed by atoms with E-state index in [1.807, 2.05) is 60.7 Å². The van der Waals surface area contributed by atoms with Gasteiger partial charge in [0.25, 0.3) is 0 Å². The molecule has 0 bridgehead atoms. The number of hydrogen-bond acceptors (Lipinski definition) is 4. The zero-order valence-electron chi connectivity index (χ0n) is 16.7. The zero-order valence-corrected chi connectivity index (χ0v) is 16.7. The maximum Gasteiger partial charge on any atom is 0.322 e. The number of urea groups is 1. The minimum absolute atomic E-state index is 0.145. The van der Waals surface area contributed by atoms with Crippen molar-refractivity contribution in [2.24, 2.45) is 0 Å². The van der Waals surface area contributed by atoms with Crippen molar-refractivity contribution in [3.63, 3.8) is 0 Å². The number of aromatic nitrogens is 1. The summed E-state index contributed by atoms with van der Waals surface area (Å²) in [4.78, 5) is 18.8. The van der Waals surface area contributed by atoms with Gasteiger partial charge in [-0.1, -0.05) is 24.3 Å². The van der Waals surface area contributed by atoms with Crippen LogP contribution in [0.2, 0.25) is 0 Å². The molecule has 0 saturated carbocycles. The van der Waals surface area contributed by atoms with Gasteiger partial charge in [-0.25, -0.2) is 4.79 Å². The van der Waals surface area contributed by atoms with Crippen molar-refractivity contribution in [3.8, 4) is 11.5 Å². The van der Waals surface area contributed by atoms with Gasteiger partial charge in [0.2, 0.25) is 0 Å². The van der Waals surface area contributed by atoms with E-state index in [2.05, 4.69) is 10.3 Å². The third-order valence-corrected chi connectivity index (χ3v) is 4.55. The predicted molar refractivity (Wildman–Crippen MR) is 113 cm³/mol. The van der Waals surface area contributed by atoms with Crippen molar-refractivity contribution in [2.75, 3.05) is 26.1 Å². The Morgan fingerprint density at radius 1 is 0.931 bits per heavy atom. The Kier molecular flexibility index (Phi) is 7.05. The van der Waals surface area contributed by atoms with E-state index < -0.39 is 0 Å². The lowest BCUT2D eigenvalue weighted by Crippen LogP contribution is -2.36. The number of nitrogens with zero attached hydrogens (tertiary/aromatic N) is 2. The van der Waals surface area contributed by atoms with Gasteiger partial charge in [0, 0.05) is 31.2 Å². The third kappa shape index (κ3) is 5.72. The highest BCUT2D eigenvalue weighted by molar-refractivity contribution is 5.89. The summed E-state index contributed by atoms with van der Waals surface area (Å²) < 4.78 is 10.7. The number of rotatable bonds is 8. The average molecular weight is 391 g/mol. The van der Waals surface area contributed by atoms with Crippen LogP contribution in [0.1, 0.15) is 11.1 Å². The fraction of sp³-hybridized carbons (Fsp3) is 0.217. The molecule has 1 N–H and O–H groups in total. The minimum Gasteiger partial charge on any atom is -0.493 e. The first-order valence-corrected chi connectivity index (χ1v) is 9.40. The highest BCUT2D eigenvalue weighted by atomic mass is 16.5. The normalized spacial score (nSPS) is 10.3. The number of benzene rings is 2. The van der Waals surface area contributed by atoms with Crippen molar-refractivity contribution in [3.05, 3.63) is 84.2 Å². The van der Waals surface area contributed by atoms with Gasteiger partial charge in [-0.2, -0.15) is 0 Å². The molecule has 0 spiro atoms.